The van der Waals surface area contributed by atoms with Gasteiger partial charge in [0.2, 0.25) is 5.91 Å². The first-order chi connectivity index (χ1) is 17.3. The van der Waals surface area contributed by atoms with Gasteiger partial charge in [-0.3, -0.25) is 9.69 Å². The second kappa shape index (κ2) is 12.2. The molecule has 4 rings (SSSR count). The number of carbonyl (C=O) groups is 1. The van der Waals surface area contributed by atoms with E-state index in [2.05, 4.69) is 10.2 Å². The van der Waals surface area contributed by atoms with Crippen molar-refractivity contribution < 1.29 is 32.5 Å². The summed E-state index contributed by atoms with van der Waals surface area (Å²) in [7, 11) is 0. The molecule has 2 N–H and O–H groups in total. The molecule has 0 aromatic heterocycles. The van der Waals surface area contributed by atoms with E-state index in [0.29, 0.717) is 26.1 Å². The Balaban J connectivity index is 1.32. The zero-order chi connectivity index (χ0) is 25.5. The molecule has 0 radical (unpaired) electrons. The van der Waals surface area contributed by atoms with Crippen LogP contribution in [0.5, 0.6) is 0 Å². The van der Waals surface area contributed by atoms with Gasteiger partial charge < -0.3 is 19.9 Å². The Labute approximate surface area is 209 Å². The number of ether oxygens (including phenoxy) is 2. The molecule has 2 aliphatic heterocycles. The smallest absolute Gasteiger partial charge is 0.389 e. The molecule has 2 aromatic rings. The van der Waals surface area contributed by atoms with Gasteiger partial charge in [0.15, 0.2) is 0 Å². The number of amides is 1. The van der Waals surface area contributed by atoms with Crippen LogP contribution in [0.3, 0.4) is 0 Å². The highest BCUT2D eigenvalue weighted by Crippen LogP contribution is 2.31. The molecule has 0 bridgehead atoms. The maximum Gasteiger partial charge on any atom is 0.416 e. The number of hydrogen-bond donors (Lipinski definition) is 2. The molecule has 0 aliphatic carbocycles. The monoisotopic (exact) mass is 506 g/mol. The molecule has 2 aromatic carbocycles. The first-order valence-electron chi connectivity index (χ1n) is 12.4. The first kappa shape index (κ1) is 26.6. The van der Waals surface area contributed by atoms with Crippen molar-refractivity contribution in [2.24, 2.45) is 0 Å². The number of nitrogens with one attached hydrogen (secondary N) is 1. The van der Waals surface area contributed by atoms with Crippen molar-refractivity contribution in [2.45, 2.75) is 62.8 Å². The average molecular weight is 507 g/mol. The number of alkyl halides is 3. The highest BCUT2D eigenvalue weighted by atomic mass is 19.4. The summed E-state index contributed by atoms with van der Waals surface area (Å²) in [5.74, 6) is -0.0572. The van der Waals surface area contributed by atoms with Gasteiger partial charge in [-0.25, -0.2) is 0 Å². The molecule has 2 saturated heterocycles. The average Bonchev–Trinajstić information content (AvgIpc) is 2.83. The van der Waals surface area contributed by atoms with Gasteiger partial charge in [0.1, 0.15) is 0 Å². The lowest BCUT2D eigenvalue weighted by molar-refractivity contribution is -0.158. The van der Waals surface area contributed by atoms with Crippen LogP contribution in [0.15, 0.2) is 54.6 Å². The third-order valence-corrected chi connectivity index (χ3v) is 6.75. The van der Waals surface area contributed by atoms with E-state index in [9.17, 15) is 23.1 Å². The van der Waals surface area contributed by atoms with E-state index in [-0.39, 0.29) is 43.8 Å². The molecular formula is C27H33F3N2O4. The highest BCUT2D eigenvalue weighted by Gasteiger charge is 2.38. The number of halogens is 3. The van der Waals surface area contributed by atoms with E-state index < -0.39 is 17.8 Å². The zero-order valence-corrected chi connectivity index (χ0v) is 20.1. The van der Waals surface area contributed by atoms with E-state index in [4.69, 9.17) is 9.47 Å². The normalized spacial score (nSPS) is 25.4. The van der Waals surface area contributed by atoms with Crippen LogP contribution >= 0.6 is 0 Å². The van der Waals surface area contributed by atoms with Crippen LogP contribution in [-0.4, -0.2) is 66.6 Å². The summed E-state index contributed by atoms with van der Waals surface area (Å²) in [4.78, 5) is 14.6. The van der Waals surface area contributed by atoms with Crippen molar-refractivity contribution in [3.8, 4) is 0 Å². The molecule has 4 atom stereocenters. The van der Waals surface area contributed by atoms with Crippen LogP contribution in [0.2, 0.25) is 0 Å². The molecule has 6 nitrogen and oxygen atoms in total. The SMILES string of the molecule is O=C(C[C@H]1CC[C@@H]2[C@H](COC[C@@H](O)CN2Cc2ccc(C(F)(F)F)cc2)O1)NCCc1ccccc1. The van der Waals surface area contributed by atoms with Crippen LogP contribution in [0.1, 0.15) is 36.0 Å². The van der Waals surface area contributed by atoms with Crippen molar-refractivity contribution in [3.63, 3.8) is 0 Å². The van der Waals surface area contributed by atoms with Gasteiger partial charge >= 0.3 is 6.18 Å². The molecule has 0 spiro atoms. The summed E-state index contributed by atoms with van der Waals surface area (Å²) in [6, 6.07) is 15.0. The molecule has 196 valence electrons. The zero-order valence-electron chi connectivity index (χ0n) is 20.1. The van der Waals surface area contributed by atoms with Gasteiger partial charge in [0, 0.05) is 25.7 Å². The summed E-state index contributed by atoms with van der Waals surface area (Å²) < 4.78 is 50.7. The lowest BCUT2D eigenvalue weighted by Crippen LogP contribution is -2.55. The summed E-state index contributed by atoms with van der Waals surface area (Å²) in [5, 5.41) is 13.3. The predicted molar refractivity (Wildman–Crippen MR) is 128 cm³/mol. The summed E-state index contributed by atoms with van der Waals surface area (Å²) in [5.41, 5.74) is 1.21. The minimum absolute atomic E-state index is 0.0572. The summed E-state index contributed by atoms with van der Waals surface area (Å²) >= 11 is 0. The van der Waals surface area contributed by atoms with E-state index in [1.165, 1.54) is 12.1 Å². The van der Waals surface area contributed by atoms with E-state index in [1.807, 2.05) is 30.3 Å². The van der Waals surface area contributed by atoms with Crippen LogP contribution < -0.4 is 5.32 Å². The Morgan fingerprint density at radius 1 is 1.03 bits per heavy atom. The predicted octanol–water partition coefficient (Wildman–Crippen LogP) is 3.56. The van der Waals surface area contributed by atoms with Crippen molar-refractivity contribution in [2.75, 3.05) is 26.3 Å². The number of β-amino-alcohol motifs (C(OH)–C–C–N with tert-alkyl or cyclic N) is 1. The lowest BCUT2D eigenvalue weighted by atomic mass is 9.94. The first-order valence-corrected chi connectivity index (χ1v) is 12.4. The van der Waals surface area contributed by atoms with E-state index >= 15 is 0 Å². The largest absolute Gasteiger partial charge is 0.416 e. The Kier molecular flexibility index (Phi) is 9.00. The molecule has 1 amide bonds. The van der Waals surface area contributed by atoms with Crippen LogP contribution in [0.25, 0.3) is 0 Å². The van der Waals surface area contributed by atoms with Gasteiger partial charge in [0.25, 0.3) is 0 Å². The Bertz CT molecular complexity index is 971. The fraction of sp³-hybridized carbons (Fsp3) is 0.519. The van der Waals surface area contributed by atoms with Crippen LogP contribution in [-0.2, 0) is 33.4 Å². The van der Waals surface area contributed by atoms with Crippen molar-refractivity contribution in [3.05, 3.63) is 71.3 Å². The van der Waals surface area contributed by atoms with Gasteiger partial charge in [0.05, 0.1) is 43.5 Å². The second-order valence-corrected chi connectivity index (χ2v) is 9.55. The number of hydrogen-bond acceptors (Lipinski definition) is 5. The van der Waals surface area contributed by atoms with Gasteiger partial charge in [-0.15, -0.1) is 0 Å². The number of benzene rings is 2. The van der Waals surface area contributed by atoms with Gasteiger partial charge in [-0.1, -0.05) is 42.5 Å². The fourth-order valence-corrected chi connectivity index (χ4v) is 4.93. The van der Waals surface area contributed by atoms with E-state index in [0.717, 1.165) is 36.1 Å². The quantitative estimate of drug-likeness (QED) is 0.601. The Morgan fingerprint density at radius 3 is 2.50 bits per heavy atom. The number of nitrogens with zero attached hydrogens (tertiary/aromatic N) is 1. The maximum atomic E-state index is 12.9. The molecule has 9 heteroatoms. The standard InChI is InChI=1S/C27H33F3N2O4/c28-27(29,30)21-8-6-20(7-9-21)15-32-16-22(33)17-35-18-25-24(32)11-10-23(36-25)14-26(34)31-13-12-19-4-2-1-3-5-19/h1-9,22-25,33H,10-18H2,(H,31,34)/t22-,23+,24+,25-/m0/s1. The molecule has 0 saturated carbocycles. The Morgan fingerprint density at radius 2 is 1.78 bits per heavy atom. The molecule has 2 aliphatic rings. The number of aliphatic hydroxyl groups excluding tert-OH is 1. The molecule has 0 unspecified atom stereocenters. The number of fused-ring (bicyclic) bond motifs is 1. The van der Waals surface area contributed by atoms with Crippen molar-refractivity contribution >= 4 is 5.91 Å². The topological polar surface area (TPSA) is 71.0 Å². The minimum Gasteiger partial charge on any atom is -0.389 e. The highest BCUT2D eigenvalue weighted by molar-refractivity contribution is 5.76. The molecule has 2 fully saturated rings. The second-order valence-electron chi connectivity index (χ2n) is 9.55. The number of carbonyl (C=O) groups excluding carboxylic acids is 1. The molecular weight excluding hydrogens is 473 g/mol. The minimum atomic E-state index is -4.38. The third kappa shape index (κ3) is 7.52. The fourth-order valence-electron chi connectivity index (χ4n) is 4.93. The molecule has 2 heterocycles. The lowest BCUT2D eigenvalue weighted by Gasteiger charge is -2.44. The van der Waals surface area contributed by atoms with E-state index in [1.54, 1.807) is 0 Å². The maximum absolute atomic E-state index is 12.9. The van der Waals surface area contributed by atoms with Gasteiger partial charge in [-0.2, -0.15) is 13.2 Å². The Hall–Kier alpha value is -2.46. The summed E-state index contributed by atoms with van der Waals surface area (Å²) in [6.45, 7) is 1.72. The third-order valence-electron chi connectivity index (χ3n) is 6.75. The van der Waals surface area contributed by atoms with Crippen molar-refractivity contribution in [1.29, 1.82) is 0 Å². The molecule has 36 heavy (non-hydrogen) atoms. The number of rotatable bonds is 7. The van der Waals surface area contributed by atoms with Gasteiger partial charge in [-0.05, 0) is 42.5 Å². The summed E-state index contributed by atoms with van der Waals surface area (Å²) in [6.07, 6.45) is -3.16. The number of aliphatic hydroxyl groups is 1. The van der Waals surface area contributed by atoms with Crippen LogP contribution in [0.4, 0.5) is 13.2 Å². The van der Waals surface area contributed by atoms with Crippen LogP contribution in [0, 0.1) is 0 Å². The van der Waals surface area contributed by atoms with Crippen molar-refractivity contribution in [1.82, 2.24) is 10.2 Å².